The van der Waals surface area contributed by atoms with E-state index in [9.17, 15) is 5.11 Å². The molecule has 0 saturated carbocycles. The van der Waals surface area contributed by atoms with Gasteiger partial charge in [0.15, 0.2) is 0 Å². The fourth-order valence-corrected chi connectivity index (χ4v) is 3.09. The van der Waals surface area contributed by atoms with E-state index in [2.05, 4.69) is 17.1 Å². The summed E-state index contributed by atoms with van der Waals surface area (Å²) in [5.74, 6) is 0. The van der Waals surface area contributed by atoms with Crippen LogP contribution in [0.5, 0.6) is 0 Å². The van der Waals surface area contributed by atoms with Crippen LogP contribution in [-0.4, -0.2) is 47.3 Å². The van der Waals surface area contributed by atoms with Crippen molar-refractivity contribution in [3.63, 3.8) is 0 Å². The van der Waals surface area contributed by atoms with Crippen LogP contribution in [0, 0.1) is 0 Å². The molecule has 0 spiro atoms. The van der Waals surface area contributed by atoms with Crippen LogP contribution in [0.1, 0.15) is 46.0 Å². The fraction of sp³-hybridized carbons (Fsp3) is 1.00. The number of hydrogen-bond donors (Lipinski definition) is 2. The molecule has 2 fully saturated rings. The summed E-state index contributed by atoms with van der Waals surface area (Å²) in [6, 6.07) is 1.34. The van der Waals surface area contributed by atoms with E-state index < -0.39 is 5.60 Å². The molecule has 2 saturated heterocycles. The predicted molar refractivity (Wildman–Crippen MR) is 66.5 cm³/mol. The lowest BCUT2D eigenvalue weighted by atomic mass is 10.00. The Morgan fingerprint density at radius 3 is 2.81 bits per heavy atom. The van der Waals surface area contributed by atoms with Gasteiger partial charge >= 0.3 is 0 Å². The number of hydrogen-bond acceptors (Lipinski definition) is 3. The molecule has 2 rings (SSSR count). The summed E-state index contributed by atoms with van der Waals surface area (Å²) in [7, 11) is 0. The molecule has 0 bridgehead atoms. The Morgan fingerprint density at radius 2 is 2.19 bits per heavy atom. The van der Waals surface area contributed by atoms with Crippen molar-refractivity contribution in [1.29, 1.82) is 0 Å². The maximum absolute atomic E-state index is 10.2. The van der Waals surface area contributed by atoms with E-state index in [0.717, 1.165) is 13.0 Å². The minimum absolute atomic E-state index is 0.513. The highest BCUT2D eigenvalue weighted by Gasteiger charge is 2.35. The first-order chi connectivity index (χ1) is 7.62. The third-order valence-electron chi connectivity index (χ3n) is 4.28. The second kappa shape index (κ2) is 5.03. The Bertz CT molecular complexity index is 224. The standard InChI is InChI=1S/C13H26N2O/c1-3-13(2,16)10-15-9-5-7-12(15)11-6-4-8-14-11/h11-12,14,16H,3-10H2,1-2H3. The molecule has 0 aromatic heterocycles. The van der Waals surface area contributed by atoms with Gasteiger partial charge in [-0.25, -0.2) is 0 Å². The number of likely N-dealkylation sites (tertiary alicyclic amines) is 1. The molecule has 3 heteroatoms. The first-order valence-corrected chi connectivity index (χ1v) is 6.82. The Morgan fingerprint density at radius 1 is 1.38 bits per heavy atom. The molecule has 2 N–H and O–H groups in total. The normalized spacial score (nSPS) is 35.4. The SMILES string of the molecule is CCC(C)(O)CN1CCCC1C1CCCN1. The monoisotopic (exact) mass is 226 g/mol. The second-order valence-electron chi connectivity index (χ2n) is 5.73. The zero-order chi connectivity index (χ0) is 11.6. The van der Waals surface area contributed by atoms with E-state index in [1.54, 1.807) is 0 Å². The highest BCUT2D eigenvalue weighted by molar-refractivity contribution is 4.94. The largest absolute Gasteiger partial charge is 0.389 e. The van der Waals surface area contributed by atoms with Gasteiger partial charge in [0.1, 0.15) is 0 Å². The number of nitrogens with zero attached hydrogens (tertiary/aromatic N) is 1. The minimum Gasteiger partial charge on any atom is -0.389 e. The summed E-state index contributed by atoms with van der Waals surface area (Å²) in [4.78, 5) is 2.51. The molecule has 16 heavy (non-hydrogen) atoms. The van der Waals surface area contributed by atoms with Gasteiger partial charge in [-0.2, -0.15) is 0 Å². The lowest BCUT2D eigenvalue weighted by Gasteiger charge is -2.34. The Balaban J connectivity index is 1.92. The molecule has 0 aromatic rings. The Kier molecular flexibility index (Phi) is 3.88. The average Bonchev–Trinajstić information content (AvgIpc) is 2.86. The predicted octanol–water partition coefficient (Wildman–Crippen LogP) is 1.36. The molecular weight excluding hydrogens is 200 g/mol. The van der Waals surface area contributed by atoms with Crippen molar-refractivity contribution < 1.29 is 5.11 Å². The van der Waals surface area contributed by atoms with E-state index in [1.165, 1.54) is 38.8 Å². The van der Waals surface area contributed by atoms with Crippen LogP contribution in [0.15, 0.2) is 0 Å². The summed E-state index contributed by atoms with van der Waals surface area (Å²) in [6.45, 7) is 7.22. The molecule has 0 aromatic carbocycles. The molecule has 0 amide bonds. The van der Waals surface area contributed by atoms with E-state index in [0.29, 0.717) is 12.1 Å². The fourth-order valence-electron chi connectivity index (χ4n) is 3.09. The zero-order valence-electron chi connectivity index (χ0n) is 10.7. The van der Waals surface area contributed by atoms with Gasteiger partial charge < -0.3 is 10.4 Å². The van der Waals surface area contributed by atoms with E-state index in [4.69, 9.17) is 0 Å². The van der Waals surface area contributed by atoms with Gasteiger partial charge in [0.25, 0.3) is 0 Å². The zero-order valence-corrected chi connectivity index (χ0v) is 10.7. The highest BCUT2D eigenvalue weighted by atomic mass is 16.3. The van der Waals surface area contributed by atoms with Crippen molar-refractivity contribution in [2.24, 2.45) is 0 Å². The van der Waals surface area contributed by atoms with Crippen molar-refractivity contribution in [3.05, 3.63) is 0 Å². The maximum Gasteiger partial charge on any atom is 0.0743 e. The van der Waals surface area contributed by atoms with Crippen LogP contribution in [0.3, 0.4) is 0 Å². The van der Waals surface area contributed by atoms with Gasteiger partial charge in [-0.1, -0.05) is 6.92 Å². The molecule has 2 aliphatic rings. The molecule has 2 heterocycles. The van der Waals surface area contributed by atoms with Crippen LogP contribution in [0.2, 0.25) is 0 Å². The van der Waals surface area contributed by atoms with Crippen LogP contribution < -0.4 is 5.32 Å². The highest BCUT2D eigenvalue weighted by Crippen LogP contribution is 2.26. The van der Waals surface area contributed by atoms with Crippen LogP contribution in [0.4, 0.5) is 0 Å². The smallest absolute Gasteiger partial charge is 0.0743 e. The minimum atomic E-state index is -0.513. The molecular formula is C13H26N2O. The van der Waals surface area contributed by atoms with Gasteiger partial charge in [-0.3, -0.25) is 4.90 Å². The summed E-state index contributed by atoms with van der Waals surface area (Å²) >= 11 is 0. The molecule has 94 valence electrons. The topological polar surface area (TPSA) is 35.5 Å². The molecule has 3 unspecified atom stereocenters. The van der Waals surface area contributed by atoms with Crippen LogP contribution >= 0.6 is 0 Å². The molecule has 3 nitrogen and oxygen atoms in total. The number of rotatable bonds is 4. The van der Waals surface area contributed by atoms with Gasteiger partial charge in [-0.15, -0.1) is 0 Å². The Hall–Kier alpha value is -0.120. The first-order valence-electron chi connectivity index (χ1n) is 6.82. The quantitative estimate of drug-likeness (QED) is 0.760. The maximum atomic E-state index is 10.2. The van der Waals surface area contributed by atoms with Crippen molar-refractivity contribution >= 4 is 0 Å². The van der Waals surface area contributed by atoms with E-state index in [1.807, 2.05) is 6.92 Å². The summed E-state index contributed by atoms with van der Waals surface area (Å²) in [5, 5.41) is 13.8. The lowest BCUT2D eigenvalue weighted by Crippen LogP contribution is -2.49. The third-order valence-corrected chi connectivity index (χ3v) is 4.28. The van der Waals surface area contributed by atoms with E-state index in [-0.39, 0.29) is 0 Å². The molecule has 0 aliphatic carbocycles. The van der Waals surface area contributed by atoms with Crippen LogP contribution in [-0.2, 0) is 0 Å². The van der Waals surface area contributed by atoms with Crippen molar-refractivity contribution in [2.75, 3.05) is 19.6 Å². The molecule has 0 radical (unpaired) electrons. The molecule has 2 aliphatic heterocycles. The number of aliphatic hydroxyl groups is 1. The van der Waals surface area contributed by atoms with Gasteiger partial charge in [0.05, 0.1) is 5.60 Å². The van der Waals surface area contributed by atoms with Gasteiger partial charge in [-0.05, 0) is 52.1 Å². The Labute approximate surface area is 99.2 Å². The van der Waals surface area contributed by atoms with Crippen molar-refractivity contribution in [2.45, 2.75) is 63.6 Å². The van der Waals surface area contributed by atoms with Crippen molar-refractivity contribution in [3.8, 4) is 0 Å². The summed E-state index contributed by atoms with van der Waals surface area (Å²) in [6.07, 6.45) is 6.07. The second-order valence-corrected chi connectivity index (χ2v) is 5.73. The average molecular weight is 226 g/mol. The number of nitrogens with one attached hydrogen (secondary N) is 1. The van der Waals surface area contributed by atoms with Crippen LogP contribution in [0.25, 0.3) is 0 Å². The summed E-state index contributed by atoms with van der Waals surface area (Å²) in [5.41, 5.74) is -0.513. The van der Waals surface area contributed by atoms with Gasteiger partial charge in [0, 0.05) is 18.6 Å². The first kappa shape index (κ1) is 12.3. The van der Waals surface area contributed by atoms with E-state index >= 15 is 0 Å². The lowest BCUT2D eigenvalue weighted by molar-refractivity contribution is 0.00904. The summed E-state index contributed by atoms with van der Waals surface area (Å²) < 4.78 is 0. The molecule has 3 atom stereocenters. The van der Waals surface area contributed by atoms with Crippen molar-refractivity contribution in [1.82, 2.24) is 10.2 Å². The number of β-amino-alcohol motifs (C(OH)–C–C–N with tert-alkyl or cyclic N) is 1. The third kappa shape index (κ3) is 2.76. The van der Waals surface area contributed by atoms with Gasteiger partial charge in [0.2, 0.25) is 0 Å².